The summed E-state index contributed by atoms with van der Waals surface area (Å²) in [5.74, 6) is -0.103. The molecule has 0 aliphatic rings. The minimum absolute atomic E-state index is 0.103. The maximum absolute atomic E-state index is 11.8. The van der Waals surface area contributed by atoms with Crippen LogP contribution in [0.5, 0.6) is 0 Å². The summed E-state index contributed by atoms with van der Waals surface area (Å²) in [5, 5.41) is 2.80. The lowest BCUT2D eigenvalue weighted by Crippen LogP contribution is -2.52. The lowest BCUT2D eigenvalue weighted by atomic mass is 9.93. The van der Waals surface area contributed by atoms with Gasteiger partial charge in [0.15, 0.2) is 0 Å². The first kappa shape index (κ1) is 11.8. The van der Waals surface area contributed by atoms with E-state index in [1.807, 2.05) is 19.9 Å². The molecule has 1 heterocycles. The van der Waals surface area contributed by atoms with Gasteiger partial charge in [-0.25, -0.2) is 0 Å². The molecule has 0 aromatic carbocycles. The summed E-state index contributed by atoms with van der Waals surface area (Å²) in [7, 11) is 0. The molecule has 84 valence electrons. The van der Waals surface area contributed by atoms with Gasteiger partial charge in [-0.2, -0.15) is 0 Å². The predicted octanol–water partition coefficient (Wildman–Crippen LogP) is 1.41. The van der Waals surface area contributed by atoms with E-state index in [0.717, 1.165) is 5.56 Å². The second-order valence-electron chi connectivity index (χ2n) is 3.68. The van der Waals surface area contributed by atoms with Crippen LogP contribution in [0.1, 0.15) is 32.3 Å². The number of carbonyl (C=O) groups is 1. The Hall–Kier alpha value is -1.29. The molecule has 0 bridgehead atoms. The van der Waals surface area contributed by atoms with Crippen LogP contribution < -0.4 is 11.1 Å². The Balaban J connectivity index is 2.48. The Labute approximate surface area is 89.8 Å². The zero-order valence-electron chi connectivity index (χ0n) is 9.25. The standard InChI is InChI=1S/C11H18N2O2/c1-3-11(12,4-2)10(14)13-7-9-5-6-15-8-9/h5-6,8H,3-4,7,12H2,1-2H3,(H,13,14). The third-order valence-corrected chi connectivity index (χ3v) is 2.75. The van der Waals surface area contributed by atoms with Crippen molar-refractivity contribution < 1.29 is 9.21 Å². The Morgan fingerprint density at radius 3 is 2.67 bits per heavy atom. The summed E-state index contributed by atoms with van der Waals surface area (Å²) >= 11 is 0. The van der Waals surface area contributed by atoms with Crippen LogP contribution in [0.4, 0.5) is 0 Å². The van der Waals surface area contributed by atoms with Crippen LogP contribution in [0, 0.1) is 0 Å². The molecule has 1 aromatic heterocycles. The van der Waals surface area contributed by atoms with Crippen molar-refractivity contribution in [2.45, 2.75) is 38.8 Å². The van der Waals surface area contributed by atoms with Crippen molar-refractivity contribution in [1.29, 1.82) is 0 Å². The van der Waals surface area contributed by atoms with Gasteiger partial charge in [0.05, 0.1) is 18.1 Å². The van der Waals surface area contributed by atoms with E-state index in [1.165, 1.54) is 0 Å². The topological polar surface area (TPSA) is 68.3 Å². The molecule has 3 N–H and O–H groups in total. The highest BCUT2D eigenvalue weighted by Crippen LogP contribution is 2.11. The van der Waals surface area contributed by atoms with Crippen molar-refractivity contribution in [3.8, 4) is 0 Å². The quantitative estimate of drug-likeness (QED) is 0.772. The van der Waals surface area contributed by atoms with Crippen molar-refractivity contribution >= 4 is 5.91 Å². The second kappa shape index (κ2) is 4.98. The van der Waals surface area contributed by atoms with Gasteiger partial charge in [-0.1, -0.05) is 13.8 Å². The van der Waals surface area contributed by atoms with Gasteiger partial charge < -0.3 is 15.5 Å². The molecule has 4 heteroatoms. The SMILES string of the molecule is CCC(N)(CC)C(=O)NCc1ccoc1. The lowest BCUT2D eigenvalue weighted by Gasteiger charge is -2.24. The van der Waals surface area contributed by atoms with Crippen molar-refractivity contribution in [3.63, 3.8) is 0 Å². The monoisotopic (exact) mass is 210 g/mol. The Morgan fingerprint density at radius 2 is 2.20 bits per heavy atom. The summed E-state index contributed by atoms with van der Waals surface area (Å²) in [6.07, 6.45) is 4.47. The molecular formula is C11H18N2O2. The van der Waals surface area contributed by atoms with Gasteiger partial charge in [0.25, 0.3) is 0 Å². The van der Waals surface area contributed by atoms with Gasteiger partial charge in [-0.05, 0) is 18.9 Å². The zero-order valence-corrected chi connectivity index (χ0v) is 9.25. The van der Waals surface area contributed by atoms with Crippen LogP contribution in [0.25, 0.3) is 0 Å². The molecule has 0 unspecified atom stereocenters. The van der Waals surface area contributed by atoms with Crippen LogP contribution in [-0.2, 0) is 11.3 Å². The number of nitrogens with two attached hydrogens (primary N) is 1. The van der Waals surface area contributed by atoms with E-state index in [0.29, 0.717) is 19.4 Å². The fourth-order valence-corrected chi connectivity index (χ4v) is 1.32. The largest absolute Gasteiger partial charge is 0.472 e. The molecule has 0 saturated carbocycles. The first-order chi connectivity index (χ1) is 7.12. The summed E-state index contributed by atoms with van der Waals surface area (Å²) in [5.41, 5.74) is 6.14. The third kappa shape index (κ3) is 2.83. The number of hydrogen-bond donors (Lipinski definition) is 2. The smallest absolute Gasteiger partial charge is 0.240 e. The predicted molar refractivity (Wildman–Crippen MR) is 58.1 cm³/mol. The van der Waals surface area contributed by atoms with Crippen LogP contribution in [-0.4, -0.2) is 11.4 Å². The van der Waals surface area contributed by atoms with E-state index in [-0.39, 0.29) is 5.91 Å². The molecule has 0 fully saturated rings. The second-order valence-corrected chi connectivity index (χ2v) is 3.68. The van der Waals surface area contributed by atoms with Gasteiger partial charge >= 0.3 is 0 Å². The normalized spacial score (nSPS) is 11.4. The van der Waals surface area contributed by atoms with E-state index in [9.17, 15) is 4.79 Å². The number of furan rings is 1. The molecule has 0 saturated heterocycles. The minimum Gasteiger partial charge on any atom is -0.472 e. The zero-order chi connectivity index (χ0) is 11.3. The van der Waals surface area contributed by atoms with Gasteiger partial charge in [0.1, 0.15) is 0 Å². The maximum Gasteiger partial charge on any atom is 0.240 e. The minimum atomic E-state index is -0.746. The van der Waals surface area contributed by atoms with Crippen molar-refractivity contribution in [1.82, 2.24) is 5.32 Å². The summed E-state index contributed by atoms with van der Waals surface area (Å²) in [6.45, 7) is 4.30. The van der Waals surface area contributed by atoms with E-state index >= 15 is 0 Å². The van der Waals surface area contributed by atoms with Crippen LogP contribution in [0.2, 0.25) is 0 Å². The van der Waals surface area contributed by atoms with Crippen LogP contribution in [0.15, 0.2) is 23.0 Å². The molecule has 0 radical (unpaired) electrons. The fraction of sp³-hybridized carbons (Fsp3) is 0.545. The summed E-state index contributed by atoms with van der Waals surface area (Å²) in [6, 6.07) is 1.82. The molecule has 1 aromatic rings. The van der Waals surface area contributed by atoms with E-state index in [1.54, 1.807) is 12.5 Å². The van der Waals surface area contributed by atoms with E-state index in [2.05, 4.69) is 5.32 Å². The van der Waals surface area contributed by atoms with Crippen LogP contribution >= 0.6 is 0 Å². The fourth-order valence-electron chi connectivity index (χ4n) is 1.32. The summed E-state index contributed by atoms with van der Waals surface area (Å²) < 4.78 is 4.90. The first-order valence-corrected chi connectivity index (χ1v) is 5.20. The molecule has 0 aliphatic heterocycles. The van der Waals surface area contributed by atoms with Gasteiger partial charge in [-0.3, -0.25) is 4.79 Å². The summed E-state index contributed by atoms with van der Waals surface area (Å²) in [4.78, 5) is 11.8. The van der Waals surface area contributed by atoms with Gasteiger partial charge in [0.2, 0.25) is 5.91 Å². The molecule has 0 aliphatic carbocycles. The van der Waals surface area contributed by atoms with Crippen molar-refractivity contribution in [2.75, 3.05) is 0 Å². The molecule has 15 heavy (non-hydrogen) atoms. The highest BCUT2D eigenvalue weighted by molar-refractivity contribution is 5.85. The lowest BCUT2D eigenvalue weighted by molar-refractivity contribution is -0.126. The molecule has 4 nitrogen and oxygen atoms in total. The van der Waals surface area contributed by atoms with Gasteiger partial charge in [0, 0.05) is 12.1 Å². The Morgan fingerprint density at radius 1 is 1.53 bits per heavy atom. The maximum atomic E-state index is 11.8. The molecular weight excluding hydrogens is 192 g/mol. The average molecular weight is 210 g/mol. The van der Waals surface area contributed by atoms with Crippen LogP contribution in [0.3, 0.4) is 0 Å². The number of amides is 1. The molecule has 0 atom stereocenters. The molecule has 0 spiro atoms. The highest BCUT2D eigenvalue weighted by Gasteiger charge is 2.29. The Kier molecular flexibility index (Phi) is 3.91. The number of carbonyl (C=O) groups excluding carboxylic acids is 1. The number of nitrogens with one attached hydrogen (secondary N) is 1. The van der Waals surface area contributed by atoms with E-state index < -0.39 is 5.54 Å². The molecule has 1 rings (SSSR count). The molecule has 1 amide bonds. The third-order valence-electron chi connectivity index (χ3n) is 2.75. The van der Waals surface area contributed by atoms with Crippen molar-refractivity contribution in [2.24, 2.45) is 5.73 Å². The van der Waals surface area contributed by atoms with E-state index in [4.69, 9.17) is 10.2 Å². The Bertz CT molecular complexity index is 302. The number of hydrogen-bond acceptors (Lipinski definition) is 3. The van der Waals surface area contributed by atoms with Gasteiger partial charge in [-0.15, -0.1) is 0 Å². The van der Waals surface area contributed by atoms with Crippen molar-refractivity contribution in [3.05, 3.63) is 24.2 Å². The first-order valence-electron chi connectivity index (χ1n) is 5.20. The highest BCUT2D eigenvalue weighted by atomic mass is 16.3. The average Bonchev–Trinajstić information content (AvgIpc) is 2.77. The number of rotatable bonds is 5.